The van der Waals surface area contributed by atoms with E-state index in [1.807, 2.05) is 18.2 Å². The molecule has 2 aliphatic heterocycles. The van der Waals surface area contributed by atoms with E-state index in [0.717, 1.165) is 23.2 Å². The molecule has 2 heterocycles. The molecule has 7 heteroatoms. The van der Waals surface area contributed by atoms with Gasteiger partial charge in [-0.2, -0.15) is 0 Å². The van der Waals surface area contributed by atoms with E-state index in [0.29, 0.717) is 30.0 Å². The van der Waals surface area contributed by atoms with Crippen molar-refractivity contribution in [1.82, 2.24) is 10.6 Å². The van der Waals surface area contributed by atoms with Crippen LogP contribution in [0, 0.1) is 5.92 Å². The summed E-state index contributed by atoms with van der Waals surface area (Å²) in [6.45, 7) is 3.75. The van der Waals surface area contributed by atoms with Crippen LogP contribution < -0.4 is 21.7 Å². The van der Waals surface area contributed by atoms with Crippen LogP contribution in [-0.2, 0) is 27.2 Å². The first-order valence-electron chi connectivity index (χ1n) is 9.48. The third kappa shape index (κ3) is 3.40. The molecule has 3 atom stereocenters. The average Bonchev–Trinajstić information content (AvgIpc) is 3.16. The Morgan fingerprint density at radius 1 is 1.36 bits per heavy atom. The average molecular weight is 380 g/mol. The van der Waals surface area contributed by atoms with E-state index < -0.39 is 11.4 Å². The number of allylic oxidation sites excluding steroid dienone is 1. The Bertz CT molecular complexity index is 949. The van der Waals surface area contributed by atoms with Gasteiger partial charge in [-0.1, -0.05) is 19.1 Å². The molecule has 5 N–H and O–H groups in total. The lowest BCUT2D eigenvalue weighted by molar-refractivity contribution is -0.122. The molecule has 1 aliphatic carbocycles. The lowest BCUT2D eigenvalue weighted by Crippen LogP contribution is -2.53. The highest BCUT2D eigenvalue weighted by Crippen LogP contribution is 2.31. The number of amides is 3. The Hall–Kier alpha value is -3.09. The lowest BCUT2D eigenvalue weighted by atomic mass is 9.90. The number of carbonyl (C=O) groups is 3. The van der Waals surface area contributed by atoms with E-state index in [1.165, 1.54) is 0 Å². The molecule has 3 amide bonds. The molecule has 1 saturated carbocycles. The van der Waals surface area contributed by atoms with Gasteiger partial charge in [0.1, 0.15) is 5.54 Å². The minimum absolute atomic E-state index is 0.0338. The minimum Gasteiger partial charge on any atom is -0.371 e. The van der Waals surface area contributed by atoms with E-state index >= 15 is 0 Å². The lowest BCUT2D eigenvalue weighted by Gasteiger charge is -2.31. The van der Waals surface area contributed by atoms with Crippen molar-refractivity contribution in [3.63, 3.8) is 0 Å². The fraction of sp³-hybridized carbons (Fsp3) is 0.381. The minimum atomic E-state index is -1.15. The van der Waals surface area contributed by atoms with Gasteiger partial charge in [0.05, 0.1) is 6.42 Å². The summed E-state index contributed by atoms with van der Waals surface area (Å²) in [5, 5.41) is 9.00. The summed E-state index contributed by atoms with van der Waals surface area (Å²) >= 11 is 0. The van der Waals surface area contributed by atoms with Gasteiger partial charge >= 0.3 is 0 Å². The number of benzene rings is 1. The number of nitrogens with one attached hydrogen (secondary N) is 3. The van der Waals surface area contributed by atoms with Crippen molar-refractivity contribution in [3.05, 3.63) is 52.7 Å². The predicted molar refractivity (Wildman–Crippen MR) is 105 cm³/mol. The predicted octanol–water partition coefficient (Wildman–Crippen LogP) is 0.906. The highest BCUT2D eigenvalue weighted by atomic mass is 16.2. The highest BCUT2D eigenvalue weighted by molar-refractivity contribution is 6.00. The van der Waals surface area contributed by atoms with Crippen LogP contribution in [0.3, 0.4) is 0 Å². The molecule has 0 aromatic heterocycles. The van der Waals surface area contributed by atoms with Crippen LogP contribution in [-0.4, -0.2) is 29.3 Å². The fourth-order valence-electron chi connectivity index (χ4n) is 3.77. The first-order chi connectivity index (χ1) is 13.2. The molecule has 1 fully saturated rings. The molecule has 28 heavy (non-hydrogen) atoms. The van der Waals surface area contributed by atoms with Gasteiger partial charge in [0.2, 0.25) is 11.8 Å². The zero-order chi connectivity index (χ0) is 20.1. The zero-order valence-corrected chi connectivity index (χ0v) is 16.0. The molecule has 1 aromatic rings. The summed E-state index contributed by atoms with van der Waals surface area (Å²) in [5.74, 6) is -0.308. The van der Waals surface area contributed by atoms with E-state index in [2.05, 4.69) is 22.9 Å². The zero-order valence-electron chi connectivity index (χ0n) is 16.0. The Kier molecular flexibility index (Phi) is 4.25. The van der Waals surface area contributed by atoms with E-state index in [-0.39, 0.29) is 17.9 Å². The van der Waals surface area contributed by atoms with Gasteiger partial charge in [0.15, 0.2) is 0 Å². The molecule has 146 valence electrons. The molecule has 0 saturated heterocycles. The molecule has 1 aromatic carbocycles. The maximum atomic E-state index is 12.7. The number of anilines is 1. The third-order valence-electron chi connectivity index (χ3n) is 5.66. The Morgan fingerprint density at radius 2 is 2.11 bits per heavy atom. The largest absolute Gasteiger partial charge is 0.371 e. The number of nitrogens with two attached hydrogens (primary N) is 1. The van der Waals surface area contributed by atoms with Crippen LogP contribution in [0.2, 0.25) is 0 Å². The van der Waals surface area contributed by atoms with Crippen LogP contribution in [0.5, 0.6) is 0 Å². The Morgan fingerprint density at radius 3 is 2.79 bits per heavy atom. The van der Waals surface area contributed by atoms with Gasteiger partial charge in [0.25, 0.3) is 5.91 Å². The van der Waals surface area contributed by atoms with Crippen molar-refractivity contribution < 1.29 is 14.4 Å². The Balaban J connectivity index is 1.62. The van der Waals surface area contributed by atoms with E-state index in [1.54, 1.807) is 19.1 Å². The number of primary amides is 1. The van der Waals surface area contributed by atoms with Crippen molar-refractivity contribution in [2.75, 3.05) is 5.32 Å². The summed E-state index contributed by atoms with van der Waals surface area (Å²) in [7, 11) is 0. The summed E-state index contributed by atoms with van der Waals surface area (Å²) in [5.41, 5.74) is 8.32. The number of carbonyl (C=O) groups excluding carboxylic acids is 3. The van der Waals surface area contributed by atoms with Crippen molar-refractivity contribution >= 4 is 23.4 Å². The number of dihydropyridines is 1. The van der Waals surface area contributed by atoms with Crippen molar-refractivity contribution in [2.45, 2.75) is 44.7 Å². The molecule has 1 unspecified atom stereocenters. The fourth-order valence-corrected chi connectivity index (χ4v) is 3.77. The second kappa shape index (κ2) is 6.51. The number of rotatable bonds is 5. The van der Waals surface area contributed by atoms with Gasteiger partial charge in [0, 0.05) is 29.4 Å². The standard InChI is InChI=1S/C21H24N4O3/c1-11-6-17(11)24-19(27)13-8-14(25-21(2,10-13)20(22)28)7-12-4-3-5-16-15(12)9-18(26)23-16/h3-5,8,10-11,17,25H,6-7,9H2,1-2H3,(H2,22,28)(H,23,26)(H,24,27)/t11-,17-,21?/m0/s1. The van der Waals surface area contributed by atoms with E-state index in [4.69, 9.17) is 5.73 Å². The van der Waals surface area contributed by atoms with Crippen molar-refractivity contribution in [3.8, 4) is 0 Å². The van der Waals surface area contributed by atoms with Gasteiger partial charge < -0.3 is 21.7 Å². The highest BCUT2D eigenvalue weighted by Gasteiger charge is 2.37. The normalized spacial score (nSPS) is 27.7. The Labute approximate surface area is 163 Å². The van der Waals surface area contributed by atoms with Crippen molar-refractivity contribution in [2.24, 2.45) is 11.7 Å². The second-order valence-electron chi connectivity index (χ2n) is 8.10. The SMILES string of the molecule is C[C@H]1C[C@@H]1NC(=O)C1=CC(C)(C(N)=O)NC(Cc2cccc3c2CC(=O)N3)=C1. The summed E-state index contributed by atoms with van der Waals surface area (Å²) in [4.78, 5) is 36.5. The topological polar surface area (TPSA) is 113 Å². The van der Waals surface area contributed by atoms with Crippen LogP contribution in [0.1, 0.15) is 31.4 Å². The molecule has 0 spiro atoms. The maximum absolute atomic E-state index is 12.7. The summed E-state index contributed by atoms with van der Waals surface area (Å²) < 4.78 is 0. The van der Waals surface area contributed by atoms with E-state index in [9.17, 15) is 14.4 Å². The first kappa shape index (κ1) is 18.3. The van der Waals surface area contributed by atoms with Crippen LogP contribution in [0.25, 0.3) is 0 Å². The van der Waals surface area contributed by atoms with Crippen molar-refractivity contribution in [1.29, 1.82) is 0 Å². The van der Waals surface area contributed by atoms with Crippen LogP contribution in [0.15, 0.2) is 41.6 Å². The van der Waals surface area contributed by atoms with Gasteiger partial charge in [-0.25, -0.2) is 0 Å². The quantitative estimate of drug-likeness (QED) is 0.608. The smallest absolute Gasteiger partial charge is 0.251 e. The summed E-state index contributed by atoms with van der Waals surface area (Å²) in [6, 6.07) is 5.89. The number of hydrogen-bond acceptors (Lipinski definition) is 4. The van der Waals surface area contributed by atoms with Crippen LogP contribution in [0.4, 0.5) is 5.69 Å². The molecular formula is C21H24N4O3. The molecule has 7 nitrogen and oxygen atoms in total. The van der Waals surface area contributed by atoms with Gasteiger partial charge in [-0.15, -0.1) is 0 Å². The number of hydrogen-bond donors (Lipinski definition) is 4. The summed E-state index contributed by atoms with van der Waals surface area (Å²) in [6.07, 6.45) is 5.11. The van der Waals surface area contributed by atoms with Gasteiger partial charge in [-0.05, 0) is 48.6 Å². The van der Waals surface area contributed by atoms with Crippen LogP contribution >= 0.6 is 0 Å². The number of fused-ring (bicyclic) bond motifs is 1. The van der Waals surface area contributed by atoms with Gasteiger partial charge in [-0.3, -0.25) is 14.4 Å². The molecular weight excluding hydrogens is 356 g/mol. The maximum Gasteiger partial charge on any atom is 0.251 e. The molecule has 4 rings (SSSR count). The molecule has 3 aliphatic rings. The monoisotopic (exact) mass is 380 g/mol. The molecule has 0 radical (unpaired) electrons. The second-order valence-corrected chi connectivity index (χ2v) is 8.10. The third-order valence-corrected chi connectivity index (χ3v) is 5.66. The first-order valence-corrected chi connectivity index (χ1v) is 9.48. The molecule has 0 bridgehead atoms.